The number of hydrogen-bond donors (Lipinski definition) is 2. The van der Waals surface area contributed by atoms with Crippen molar-refractivity contribution in [1.29, 1.82) is 0 Å². The third-order valence-electron chi connectivity index (χ3n) is 2.55. The second-order valence-corrected chi connectivity index (χ2v) is 3.88. The van der Waals surface area contributed by atoms with Gasteiger partial charge in [-0.25, -0.2) is 0 Å². The predicted molar refractivity (Wildman–Crippen MR) is 54.5 cm³/mol. The molecular weight excluding hydrogens is 196 g/mol. The summed E-state index contributed by atoms with van der Waals surface area (Å²) in [5, 5.41) is 9.01. The first-order valence-corrected chi connectivity index (χ1v) is 4.94. The predicted octanol–water partition coefficient (Wildman–Crippen LogP) is -0.122. The minimum absolute atomic E-state index is 0.217. The highest BCUT2D eigenvalue weighted by atomic mass is 16.4. The molecule has 5 nitrogen and oxygen atoms in total. The van der Waals surface area contributed by atoms with Crippen LogP contribution in [0.25, 0.3) is 0 Å². The van der Waals surface area contributed by atoms with E-state index in [2.05, 4.69) is 4.90 Å². The molecule has 15 heavy (non-hydrogen) atoms. The molecule has 0 radical (unpaired) electrons. The summed E-state index contributed by atoms with van der Waals surface area (Å²) in [7, 11) is 0. The van der Waals surface area contributed by atoms with Gasteiger partial charge in [0.1, 0.15) is 12.0 Å². The highest BCUT2D eigenvalue weighted by molar-refractivity contribution is 5.15. The summed E-state index contributed by atoms with van der Waals surface area (Å²) in [6.45, 7) is 2.32. The lowest BCUT2D eigenvalue weighted by atomic mass is 10.3. The molecule has 1 saturated heterocycles. The second kappa shape index (κ2) is 4.04. The highest BCUT2D eigenvalue weighted by Gasteiger charge is 2.19. The van der Waals surface area contributed by atoms with Crippen LogP contribution in [-0.4, -0.2) is 29.1 Å². The average Bonchev–Trinajstić information content (AvgIpc) is 2.58. The molecule has 0 unspecified atom stereocenters. The van der Waals surface area contributed by atoms with Crippen LogP contribution in [0.5, 0.6) is 5.75 Å². The molecule has 1 atom stereocenters. The lowest BCUT2D eigenvalue weighted by molar-refractivity contribution is 0.286. The zero-order chi connectivity index (χ0) is 10.8. The van der Waals surface area contributed by atoms with E-state index in [0.29, 0.717) is 12.3 Å². The quantitative estimate of drug-likeness (QED) is 0.711. The van der Waals surface area contributed by atoms with E-state index in [1.54, 1.807) is 0 Å². The molecule has 0 amide bonds. The molecule has 0 bridgehead atoms. The van der Waals surface area contributed by atoms with Gasteiger partial charge >= 0.3 is 0 Å². The van der Waals surface area contributed by atoms with Gasteiger partial charge in [-0.1, -0.05) is 0 Å². The molecule has 1 aromatic heterocycles. The van der Waals surface area contributed by atoms with Gasteiger partial charge in [0.05, 0.1) is 6.54 Å². The van der Waals surface area contributed by atoms with Crippen molar-refractivity contribution in [3.63, 3.8) is 0 Å². The Morgan fingerprint density at radius 1 is 1.67 bits per heavy atom. The van der Waals surface area contributed by atoms with Crippen LogP contribution >= 0.6 is 0 Å². The summed E-state index contributed by atoms with van der Waals surface area (Å²) in [5.74, 6) is 0.212. The number of hydrogen-bond acceptors (Lipinski definition) is 5. The van der Waals surface area contributed by atoms with Crippen LogP contribution in [-0.2, 0) is 6.54 Å². The summed E-state index contributed by atoms with van der Waals surface area (Å²) in [6.07, 6.45) is 2.05. The van der Waals surface area contributed by atoms with Crippen LogP contribution in [0.15, 0.2) is 21.5 Å². The first-order valence-electron chi connectivity index (χ1n) is 4.94. The SMILES string of the molecule is N[C@H]1CCN(Cc2cc(=O)c(O)co2)C1. The molecule has 5 heteroatoms. The van der Waals surface area contributed by atoms with Gasteiger partial charge < -0.3 is 15.3 Å². The molecule has 0 aliphatic carbocycles. The van der Waals surface area contributed by atoms with Crippen LogP contribution in [0.3, 0.4) is 0 Å². The largest absolute Gasteiger partial charge is 0.502 e. The van der Waals surface area contributed by atoms with Crippen LogP contribution < -0.4 is 11.2 Å². The second-order valence-electron chi connectivity index (χ2n) is 3.88. The van der Waals surface area contributed by atoms with Gasteiger partial charge in [0.2, 0.25) is 5.43 Å². The van der Waals surface area contributed by atoms with Gasteiger partial charge in [0.15, 0.2) is 5.75 Å². The zero-order valence-electron chi connectivity index (χ0n) is 8.35. The normalized spacial score (nSPS) is 22.1. The van der Waals surface area contributed by atoms with Gasteiger partial charge in [-0.05, 0) is 6.42 Å². The van der Waals surface area contributed by atoms with Crippen molar-refractivity contribution in [2.24, 2.45) is 5.73 Å². The zero-order valence-corrected chi connectivity index (χ0v) is 8.35. The van der Waals surface area contributed by atoms with Gasteiger partial charge in [-0.2, -0.15) is 0 Å². The molecule has 1 fully saturated rings. The molecule has 2 rings (SSSR count). The summed E-state index contributed by atoms with van der Waals surface area (Å²) in [5.41, 5.74) is 5.36. The summed E-state index contributed by atoms with van der Waals surface area (Å²) in [6, 6.07) is 1.54. The van der Waals surface area contributed by atoms with Crippen molar-refractivity contribution in [3.8, 4) is 5.75 Å². The van der Waals surface area contributed by atoms with E-state index in [9.17, 15) is 4.79 Å². The van der Waals surface area contributed by atoms with Crippen molar-refractivity contribution in [1.82, 2.24) is 4.90 Å². The van der Waals surface area contributed by atoms with Crippen molar-refractivity contribution < 1.29 is 9.52 Å². The number of nitrogens with two attached hydrogens (primary N) is 1. The fraction of sp³-hybridized carbons (Fsp3) is 0.500. The Bertz CT molecular complexity index is 402. The van der Waals surface area contributed by atoms with Crippen molar-refractivity contribution in [2.75, 3.05) is 13.1 Å². The number of nitrogens with zero attached hydrogens (tertiary/aromatic N) is 1. The van der Waals surface area contributed by atoms with Gasteiger partial charge in [0.25, 0.3) is 0 Å². The third-order valence-corrected chi connectivity index (χ3v) is 2.55. The number of likely N-dealkylation sites (tertiary alicyclic amines) is 1. The Kier molecular flexibility index (Phi) is 2.75. The Morgan fingerprint density at radius 2 is 2.47 bits per heavy atom. The first-order chi connectivity index (χ1) is 7.15. The topological polar surface area (TPSA) is 79.7 Å². The first kappa shape index (κ1) is 10.2. The van der Waals surface area contributed by atoms with E-state index < -0.39 is 5.43 Å². The molecule has 1 aromatic rings. The standard InChI is InChI=1S/C10H14N2O3/c11-7-1-2-12(4-7)5-8-3-9(13)10(14)6-15-8/h3,6-7,14H,1-2,4-5,11H2/t7-/m0/s1. The fourth-order valence-electron chi connectivity index (χ4n) is 1.75. The molecule has 82 valence electrons. The van der Waals surface area contributed by atoms with Crippen LogP contribution in [0.1, 0.15) is 12.2 Å². The fourth-order valence-corrected chi connectivity index (χ4v) is 1.75. The molecule has 1 aliphatic heterocycles. The molecular formula is C10H14N2O3. The number of rotatable bonds is 2. The minimum Gasteiger partial charge on any atom is -0.502 e. The van der Waals surface area contributed by atoms with Gasteiger partial charge in [0, 0.05) is 25.2 Å². The Hall–Kier alpha value is -1.33. The van der Waals surface area contributed by atoms with E-state index in [0.717, 1.165) is 25.8 Å². The Balaban J connectivity index is 2.05. The highest BCUT2D eigenvalue weighted by Crippen LogP contribution is 2.12. The Morgan fingerprint density at radius 3 is 3.07 bits per heavy atom. The van der Waals surface area contributed by atoms with Crippen molar-refractivity contribution >= 4 is 0 Å². The van der Waals surface area contributed by atoms with E-state index in [1.807, 2.05) is 0 Å². The molecule has 3 N–H and O–H groups in total. The third kappa shape index (κ3) is 2.37. The maximum atomic E-state index is 11.1. The van der Waals surface area contributed by atoms with Crippen LogP contribution in [0.4, 0.5) is 0 Å². The molecule has 2 heterocycles. The van der Waals surface area contributed by atoms with Crippen LogP contribution in [0.2, 0.25) is 0 Å². The lowest BCUT2D eigenvalue weighted by Crippen LogP contribution is -2.26. The molecule has 1 aliphatic rings. The smallest absolute Gasteiger partial charge is 0.226 e. The maximum absolute atomic E-state index is 11.1. The molecule has 0 aromatic carbocycles. The van der Waals surface area contributed by atoms with E-state index in [-0.39, 0.29) is 11.8 Å². The molecule has 0 saturated carbocycles. The summed E-state index contributed by atoms with van der Waals surface area (Å²) in [4.78, 5) is 13.2. The summed E-state index contributed by atoms with van der Waals surface area (Å²) < 4.78 is 5.10. The average molecular weight is 210 g/mol. The summed E-state index contributed by atoms with van der Waals surface area (Å²) >= 11 is 0. The van der Waals surface area contributed by atoms with Crippen molar-refractivity contribution in [3.05, 3.63) is 28.3 Å². The van der Waals surface area contributed by atoms with Gasteiger partial charge in [-0.3, -0.25) is 9.69 Å². The maximum Gasteiger partial charge on any atom is 0.226 e. The van der Waals surface area contributed by atoms with E-state index in [1.165, 1.54) is 6.07 Å². The molecule has 0 spiro atoms. The van der Waals surface area contributed by atoms with E-state index >= 15 is 0 Å². The van der Waals surface area contributed by atoms with Gasteiger partial charge in [-0.15, -0.1) is 0 Å². The Labute approximate surface area is 87.1 Å². The monoisotopic (exact) mass is 210 g/mol. The van der Waals surface area contributed by atoms with Crippen LogP contribution in [0, 0.1) is 0 Å². The number of aromatic hydroxyl groups is 1. The van der Waals surface area contributed by atoms with E-state index in [4.69, 9.17) is 15.3 Å². The lowest BCUT2D eigenvalue weighted by Gasteiger charge is -2.13. The van der Waals surface area contributed by atoms with Crippen molar-refractivity contribution in [2.45, 2.75) is 19.0 Å². The minimum atomic E-state index is -0.403.